The van der Waals surface area contributed by atoms with Crippen molar-refractivity contribution in [2.45, 2.75) is 6.04 Å². The maximum Gasteiger partial charge on any atom is 0.100 e. The Bertz CT molecular complexity index is 586. The third-order valence-corrected chi connectivity index (χ3v) is 3.06. The number of aliphatic imine (C=N–C) groups is 1. The summed E-state index contributed by atoms with van der Waals surface area (Å²) in [6.07, 6.45) is 4.81. The predicted molar refractivity (Wildman–Crippen MR) is 77.5 cm³/mol. The van der Waals surface area contributed by atoms with Crippen LogP contribution in [0.4, 0.5) is 5.69 Å². The lowest BCUT2D eigenvalue weighted by Crippen LogP contribution is -2.05. The van der Waals surface area contributed by atoms with Crippen LogP contribution in [0.15, 0.2) is 47.7 Å². The number of aliphatic hydroxyl groups excluding tert-OH is 1. The van der Waals surface area contributed by atoms with Crippen LogP contribution >= 0.6 is 11.6 Å². The number of halogens is 1. The summed E-state index contributed by atoms with van der Waals surface area (Å²) in [5, 5.41) is 10.0. The molecular formula is C14H14ClN3O. The molecule has 1 aromatic carbocycles. The molecular weight excluding hydrogens is 262 g/mol. The van der Waals surface area contributed by atoms with E-state index in [0.717, 1.165) is 11.1 Å². The Labute approximate surface area is 116 Å². The molecule has 1 unspecified atom stereocenters. The van der Waals surface area contributed by atoms with Crippen molar-refractivity contribution in [1.29, 1.82) is 0 Å². The Hall–Kier alpha value is -1.91. The lowest BCUT2D eigenvalue weighted by atomic mass is 10.1. The van der Waals surface area contributed by atoms with E-state index < -0.39 is 6.04 Å². The van der Waals surface area contributed by atoms with Crippen LogP contribution in [0.2, 0.25) is 5.02 Å². The number of hydrogen-bond acceptors (Lipinski definition) is 4. The number of rotatable bonds is 4. The van der Waals surface area contributed by atoms with Crippen LogP contribution in [0, 0.1) is 0 Å². The number of nitrogens with two attached hydrogens (primary N) is 1. The first-order valence-corrected chi connectivity index (χ1v) is 6.18. The van der Waals surface area contributed by atoms with Gasteiger partial charge in [0.1, 0.15) is 6.04 Å². The highest BCUT2D eigenvalue weighted by Gasteiger charge is 2.11. The normalized spacial score (nSPS) is 12.7. The van der Waals surface area contributed by atoms with Crippen LogP contribution in [0.5, 0.6) is 0 Å². The van der Waals surface area contributed by atoms with Crippen LogP contribution in [-0.4, -0.2) is 22.9 Å². The van der Waals surface area contributed by atoms with E-state index in [0.29, 0.717) is 10.7 Å². The maximum atomic E-state index is 9.43. The molecule has 0 aliphatic heterocycles. The third kappa shape index (κ3) is 3.30. The number of hydrogen-bond donors (Lipinski definition) is 2. The molecule has 0 radical (unpaired) electrons. The third-order valence-electron chi connectivity index (χ3n) is 2.72. The van der Waals surface area contributed by atoms with Crippen molar-refractivity contribution in [2.75, 3.05) is 12.3 Å². The first kappa shape index (κ1) is 13.5. The molecule has 0 saturated heterocycles. The second-order valence-corrected chi connectivity index (χ2v) is 4.41. The van der Waals surface area contributed by atoms with Crippen LogP contribution in [0.25, 0.3) is 0 Å². The van der Waals surface area contributed by atoms with Gasteiger partial charge in [-0.2, -0.15) is 0 Å². The van der Waals surface area contributed by atoms with E-state index >= 15 is 0 Å². The summed E-state index contributed by atoms with van der Waals surface area (Å²) >= 11 is 6.04. The molecule has 0 fully saturated rings. The molecule has 0 bridgehead atoms. The van der Waals surface area contributed by atoms with Crippen molar-refractivity contribution in [2.24, 2.45) is 4.99 Å². The minimum atomic E-state index is -0.417. The van der Waals surface area contributed by atoms with Crippen molar-refractivity contribution < 1.29 is 5.11 Å². The fraction of sp³-hybridized carbons (Fsp3) is 0.143. The quantitative estimate of drug-likeness (QED) is 0.842. The Kier molecular flexibility index (Phi) is 4.49. The van der Waals surface area contributed by atoms with E-state index in [1.807, 2.05) is 18.2 Å². The Morgan fingerprint density at radius 2 is 2.16 bits per heavy atom. The molecule has 2 rings (SSSR count). The molecule has 98 valence electrons. The molecule has 2 aromatic rings. The lowest BCUT2D eigenvalue weighted by molar-refractivity contribution is 0.269. The number of aromatic nitrogens is 1. The molecule has 0 spiro atoms. The topological polar surface area (TPSA) is 71.5 Å². The predicted octanol–water partition coefficient (Wildman–Crippen LogP) is 2.47. The van der Waals surface area contributed by atoms with E-state index in [1.54, 1.807) is 30.7 Å². The standard InChI is InChI=1S/C14H14ClN3O/c15-12-4-2-1-3-10(12)7-18-14(9-19)11-5-6-17-8-13(11)16/h1-8,14,19H,9,16H2. The van der Waals surface area contributed by atoms with Gasteiger partial charge >= 0.3 is 0 Å². The number of anilines is 1. The Morgan fingerprint density at radius 1 is 1.37 bits per heavy atom. The van der Waals surface area contributed by atoms with E-state index in [4.69, 9.17) is 17.3 Å². The molecule has 1 aromatic heterocycles. The molecule has 0 saturated carbocycles. The van der Waals surface area contributed by atoms with Gasteiger partial charge < -0.3 is 10.8 Å². The molecule has 1 atom stereocenters. The van der Waals surface area contributed by atoms with Gasteiger partial charge in [0.05, 0.1) is 18.5 Å². The first-order valence-electron chi connectivity index (χ1n) is 5.80. The summed E-state index contributed by atoms with van der Waals surface area (Å²) in [4.78, 5) is 8.25. The summed E-state index contributed by atoms with van der Waals surface area (Å²) < 4.78 is 0. The van der Waals surface area contributed by atoms with E-state index in [9.17, 15) is 5.11 Å². The number of nitrogen functional groups attached to an aromatic ring is 1. The highest BCUT2D eigenvalue weighted by molar-refractivity contribution is 6.33. The van der Waals surface area contributed by atoms with Gasteiger partial charge in [0.2, 0.25) is 0 Å². The van der Waals surface area contributed by atoms with Crippen molar-refractivity contribution in [3.8, 4) is 0 Å². The molecule has 19 heavy (non-hydrogen) atoms. The van der Waals surface area contributed by atoms with Crippen molar-refractivity contribution in [3.63, 3.8) is 0 Å². The molecule has 0 amide bonds. The fourth-order valence-corrected chi connectivity index (χ4v) is 1.88. The monoisotopic (exact) mass is 275 g/mol. The number of nitrogens with zero attached hydrogens (tertiary/aromatic N) is 2. The van der Waals surface area contributed by atoms with Crippen molar-refractivity contribution >= 4 is 23.5 Å². The zero-order valence-corrected chi connectivity index (χ0v) is 11.0. The fourth-order valence-electron chi connectivity index (χ4n) is 1.70. The molecule has 4 nitrogen and oxygen atoms in total. The smallest absolute Gasteiger partial charge is 0.100 e. The van der Waals surface area contributed by atoms with Gasteiger partial charge in [-0.05, 0) is 12.1 Å². The van der Waals surface area contributed by atoms with Gasteiger partial charge in [-0.3, -0.25) is 9.98 Å². The van der Waals surface area contributed by atoms with Gasteiger partial charge in [-0.25, -0.2) is 0 Å². The second-order valence-electron chi connectivity index (χ2n) is 4.00. The van der Waals surface area contributed by atoms with E-state index in [-0.39, 0.29) is 6.61 Å². The van der Waals surface area contributed by atoms with Gasteiger partial charge in [0.25, 0.3) is 0 Å². The number of benzene rings is 1. The average Bonchev–Trinajstić information content (AvgIpc) is 2.43. The summed E-state index contributed by atoms with van der Waals surface area (Å²) in [5.41, 5.74) is 7.89. The van der Waals surface area contributed by atoms with Crippen LogP contribution in [-0.2, 0) is 0 Å². The SMILES string of the molecule is Nc1cnccc1C(CO)N=Cc1ccccc1Cl. The van der Waals surface area contributed by atoms with Gasteiger partial charge in [-0.15, -0.1) is 0 Å². The van der Waals surface area contributed by atoms with Gasteiger partial charge in [0.15, 0.2) is 0 Å². The molecule has 5 heteroatoms. The molecule has 3 N–H and O–H groups in total. The zero-order chi connectivity index (χ0) is 13.7. The molecule has 0 aliphatic carbocycles. The highest BCUT2D eigenvalue weighted by atomic mass is 35.5. The molecule has 1 heterocycles. The maximum absolute atomic E-state index is 9.43. The van der Waals surface area contributed by atoms with E-state index in [1.165, 1.54) is 0 Å². The Morgan fingerprint density at radius 3 is 2.84 bits per heavy atom. The van der Waals surface area contributed by atoms with Gasteiger partial charge in [0, 0.05) is 28.6 Å². The van der Waals surface area contributed by atoms with E-state index in [2.05, 4.69) is 9.98 Å². The number of aliphatic hydroxyl groups is 1. The van der Waals surface area contributed by atoms with Crippen molar-refractivity contribution in [3.05, 3.63) is 58.9 Å². The van der Waals surface area contributed by atoms with Crippen LogP contribution < -0.4 is 5.73 Å². The largest absolute Gasteiger partial charge is 0.397 e. The summed E-state index contributed by atoms with van der Waals surface area (Å²) in [5.74, 6) is 0. The minimum Gasteiger partial charge on any atom is -0.397 e. The molecule has 0 aliphatic rings. The summed E-state index contributed by atoms with van der Waals surface area (Å²) in [7, 11) is 0. The van der Waals surface area contributed by atoms with Crippen molar-refractivity contribution in [1.82, 2.24) is 4.98 Å². The summed E-state index contributed by atoms with van der Waals surface area (Å²) in [6, 6.07) is 8.71. The number of pyridine rings is 1. The average molecular weight is 276 g/mol. The summed E-state index contributed by atoms with van der Waals surface area (Å²) in [6.45, 7) is -0.130. The zero-order valence-electron chi connectivity index (χ0n) is 10.2. The first-order chi connectivity index (χ1) is 9.22. The lowest BCUT2D eigenvalue weighted by Gasteiger charge is -2.11. The van der Waals surface area contributed by atoms with Gasteiger partial charge in [-0.1, -0.05) is 29.8 Å². The minimum absolute atomic E-state index is 0.130. The van der Waals surface area contributed by atoms with Crippen LogP contribution in [0.3, 0.4) is 0 Å². The second kappa shape index (κ2) is 6.31. The van der Waals surface area contributed by atoms with Crippen LogP contribution in [0.1, 0.15) is 17.2 Å². The Balaban J connectivity index is 2.25. The highest BCUT2D eigenvalue weighted by Crippen LogP contribution is 2.22.